The van der Waals surface area contributed by atoms with Crippen LogP contribution in [0.2, 0.25) is 0 Å². The Morgan fingerprint density at radius 1 is 0.966 bits per heavy atom. The van der Waals surface area contributed by atoms with E-state index in [4.69, 9.17) is 0 Å². The summed E-state index contributed by atoms with van der Waals surface area (Å²) in [5, 5.41) is 3.22. The maximum absolute atomic E-state index is 13.1. The smallest absolute Gasteiger partial charge is 0.253 e. The van der Waals surface area contributed by atoms with E-state index in [2.05, 4.69) is 41.1 Å². The van der Waals surface area contributed by atoms with Crippen LogP contribution in [0.25, 0.3) is 16.9 Å². The second-order valence-electron chi connectivity index (χ2n) is 8.40. The third kappa shape index (κ3) is 4.29. The number of amides is 1. The van der Waals surface area contributed by atoms with Gasteiger partial charge in [-0.2, -0.15) is 0 Å². The van der Waals surface area contributed by atoms with Gasteiger partial charge in [0.25, 0.3) is 5.91 Å². The van der Waals surface area contributed by atoms with Gasteiger partial charge < -0.3 is 9.88 Å². The van der Waals surface area contributed by atoms with E-state index < -0.39 is 0 Å². The van der Waals surface area contributed by atoms with E-state index >= 15 is 0 Å². The second kappa shape index (κ2) is 8.69. The Labute approximate surface area is 173 Å². The molecule has 1 aromatic heterocycles. The number of nitrogens with zero attached hydrogens (tertiary/aromatic N) is 1. The molecule has 0 atom stereocenters. The summed E-state index contributed by atoms with van der Waals surface area (Å²) in [6, 6.07) is 22.6. The molecule has 0 aliphatic heterocycles. The number of benzene rings is 2. The standard InChI is InChI=1S/C26H30N2O/c1-19-13-15-21(16-14-19)18-27-26(29)24-17-25(22-9-5-3-6-10-22)28(20(24)2)23-11-7-4-8-12-23/h3-12,17,19,21H,13-16,18H2,1-2H3,(H,27,29). The van der Waals surface area contributed by atoms with Crippen molar-refractivity contribution in [1.82, 2.24) is 9.88 Å². The first-order valence-electron chi connectivity index (χ1n) is 10.7. The first-order chi connectivity index (χ1) is 14.1. The number of para-hydroxylation sites is 1. The maximum Gasteiger partial charge on any atom is 0.253 e. The van der Waals surface area contributed by atoms with Gasteiger partial charge >= 0.3 is 0 Å². The SMILES string of the molecule is Cc1c(C(=O)NCC2CCC(C)CC2)cc(-c2ccccc2)n1-c1ccccc1. The van der Waals surface area contributed by atoms with Crippen LogP contribution in [0, 0.1) is 18.8 Å². The fourth-order valence-electron chi connectivity index (χ4n) is 4.43. The van der Waals surface area contributed by atoms with E-state index in [0.29, 0.717) is 5.92 Å². The van der Waals surface area contributed by atoms with Gasteiger partial charge in [-0.3, -0.25) is 4.79 Å². The Morgan fingerprint density at radius 3 is 2.24 bits per heavy atom. The van der Waals surface area contributed by atoms with E-state index in [9.17, 15) is 4.79 Å². The minimum absolute atomic E-state index is 0.0352. The monoisotopic (exact) mass is 386 g/mol. The molecule has 1 N–H and O–H groups in total. The number of hydrogen-bond acceptors (Lipinski definition) is 1. The van der Waals surface area contributed by atoms with Gasteiger partial charge in [-0.15, -0.1) is 0 Å². The van der Waals surface area contributed by atoms with E-state index in [0.717, 1.165) is 40.7 Å². The highest BCUT2D eigenvalue weighted by Crippen LogP contribution is 2.30. The lowest BCUT2D eigenvalue weighted by Gasteiger charge is -2.26. The summed E-state index contributed by atoms with van der Waals surface area (Å²) in [5.41, 5.74) is 4.97. The molecule has 3 heteroatoms. The average Bonchev–Trinajstić information content (AvgIpc) is 3.11. The van der Waals surface area contributed by atoms with Gasteiger partial charge in [-0.25, -0.2) is 0 Å². The number of rotatable bonds is 5. The van der Waals surface area contributed by atoms with Crippen molar-refractivity contribution in [2.75, 3.05) is 6.54 Å². The third-order valence-electron chi connectivity index (χ3n) is 6.26. The van der Waals surface area contributed by atoms with Crippen molar-refractivity contribution in [2.45, 2.75) is 39.5 Å². The Bertz CT molecular complexity index is 951. The quantitative estimate of drug-likeness (QED) is 0.572. The predicted molar refractivity (Wildman–Crippen MR) is 119 cm³/mol. The molecular weight excluding hydrogens is 356 g/mol. The number of aromatic nitrogens is 1. The summed E-state index contributed by atoms with van der Waals surface area (Å²) in [6.45, 7) is 5.15. The fraction of sp³-hybridized carbons (Fsp3) is 0.346. The molecule has 1 heterocycles. The molecule has 1 aliphatic carbocycles. The van der Waals surface area contributed by atoms with Crippen molar-refractivity contribution in [2.24, 2.45) is 11.8 Å². The fourth-order valence-corrected chi connectivity index (χ4v) is 4.43. The number of carbonyl (C=O) groups is 1. The first kappa shape index (κ1) is 19.5. The Hall–Kier alpha value is -2.81. The summed E-state index contributed by atoms with van der Waals surface area (Å²) < 4.78 is 2.19. The Kier molecular flexibility index (Phi) is 5.84. The highest BCUT2D eigenvalue weighted by Gasteiger charge is 2.22. The first-order valence-corrected chi connectivity index (χ1v) is 10.7. The highest BCUT2D eigenvalue weighted by atomic mass is 16.1. The molecule has 0 radical (unpaired) electrons. The Morgan fingerprint density at radius 2 is 1.59 bits per heavy atom. The van der Waals surface area contributed by atoms with E-state index in [1.165, 1.54) is 25.7 Å². The zero-order valence-electron chi connectivity index (χ0n) is 17.4. The van der Waals surface area contributed by atoms with Crippen LogP contribution >= 0.6 is 0 Å². The van der Waals surface area contributed by atoms with Crippen LogP contribution < -0.4 is 5.32 Å². The van der Waals surface area contributed by atoms with E-state index in [1.54, 1.807) is 0 Å². The number of nitrogens with one attached hydrogen (secondary N) is 1. The summed E-state index contributed by atoms with van der Waals surface area (Å²) in [6.07, 6.45) is 5.01. The summed E-state index contributed by atoms with van der Waals surface area (Å²) in [5.74, 6) is 1.48. The van der Waals surface area contributed by atoms with Gasteiger partial charge in [0.2, 0.25) is 0 Å². The van der Waals surface area contributed by atoms with Crippen LogP contribution in [0.1, 0.15) is 48.7 Å². The van der Waals surface area contributed by atoms with Crippen LogP contribution in [-0.2, 0) is 0 Å². The lowest BCUT2D eigenvalue weighted by molar-refractivity contribution is 0.0941. The molecule has 150 valence electrons. The minimum atomic E-state index is 0.0352. The van der Waals surface area contributed by atoms with Crippen LogP contribution in [0.5, 0.6) is 0 Å². The van der Waals surface area contributed by atoms with Gasteiger partial charge in [0, 0.05) is 17.9 Å². The molecule has 0 unspecified atom stereocenters. The molecule has 3 aromatic rings. The summed E-state index contributed by atoms with van der Waals surface area (Å²) >= 11 is 0. The van der Waals surface area contributed by atoms with Gasteiger partial charge in [0.15, 0.2) is 0 Å². The lowest BCUT2D eigenvalue weighted by Crippen LogP contribution is -2.31. The van der Waals surface area contributed by atoms with Crippen LogP contribution in [0.3, 0.4) is 0 Å². The van der Waals surface area contributed by atoms with Gasteiger partial charge in [0.1, 0.15) is 0 Å². The predicted octanol–water partition coefficient (Wildman–Crippen LogP) is 6.01. The second-order valence-corrected chi connectivity index (χ2v) is 8.40. The molecule has 1 amide bonds. The lowest BCUT2D eigenvalue weighted by atomic mass is 9.83. The van der Waals surface area contributed by atoms with Crippen LogP contribution in [-0.4, -0.2) is 17.0 Å². The summed E-state index contributed by atoms with van der Waals surface area (Å²) in [7, 11) is 0. The van der Waals surface area contributed by atoms with Gasteiger partial charge in [-0.1, -0.05) is 68.3 Å². The van der Waals surface area contributed by atoms with Gasteiger partial charge in [0.05, 0.1) is 11.3 Å². The molecule has 4 rings (SSSR count). The molecule has 1 saturated carbocycles. The largest absolute Gasteiger partial charge is 0.352 e. The van der Waals surface area contributed by atoms with Gasteiger partial charge in [-0.05, 0) is 55.4 Å². The van der Waals surface area contributed by atoms with Crippen molar-refractivity contribution >= 4 is 5.91 Å². The molecule has 29 heavy (non-hydrogen) atoms. The highest BCUT2D eigenvalue weighted by molar-refractivity contribution is 5.97. The molecule has 3 nitrogen and oxygen atoms in total. The average molecular weight is 387 g/mol. The minimum Gasteiger partial charge on any atom is -0.352 e. The molecule has 1 fully saturated rings. The zero-order valence-corrected chi connectivity index (χ0v) is 17.4. The molecular formula is C26H30N2O. The van der Waals surface area contributed by atoms with Crippen molar-refractivity contribution in [3.8, 4) is 16.9 Å². The van der Waals surface area contributed by atoms with E-state index in [1.807, 2.05) is 49.4 Å². The molecule has 2 aromatic carbocycles. The topological polar surface area (TPSA) is 34.0 Å². The van der Waals surface area contributed by atoms with Crippen molar-refractivity contribution < 1.29 is 4.79 Å². The molecule has 0 bridgehead atoms. The summed E-state index contributed by atoms with van der Waals surface area (Å²) in [4.78, 5) is 13.1. The van der Waals surface area contributed by atoms with Crippen LogP contribution in [0.4, 0.5) is 0 Å². The molecule has 0 spiro atoms. The van der Waals surface area contributed by atoms with Crippen molar-refractivity contribution in [3.63, 3.8) is 0 Å². The number of carbonyl (C=O) groups excluding carboxylic acids is 1. The third-order valence-corrected chi connectivity index (χ3v) is 6.26. The van der Waals surface area contributed by atoms with Crippen molar-refractivity contribution in [3.05, 3.63) is 78.0 Å². The van der Waals surface area contributed by atoms with Crippen molar-refractivity contribution in [1.29, 1.82) is 0 Å². The zero-order chi connectivity index (χ0) is 20.2. The molecule has 0 saturated heterocycles. The Balaban J connectivity index is 1.62. The van der Waals surface area contributed by atoms with E-state index in [-0.39, 0.29) is 5.91 Å². The number of hydrogen-bond donors (Lipinski definition) is 1. The normalized spacial score (nSPS) is 19.1. The van der Waals surface area contributed by atoms with Crippen LogP contribution in [0.15, 0.2) is 66.7 Å². The molecule has 1 aliphatic rings. The maximum atomic E-state index is 13.1.